The topological polar surface area (TPSA) is 75.1 Å². The van der Waals surface area contributed by atoms with Crippen LogP contribution in [0.3, 0.4) is 0 Å². The summed E-state index contributed by atoms with van der Waals surface area (Å²) >= 11 is 1.60. The van der Waals surface area contributed by atoms with Gasteiger partial charge < -0.3 is 10.3 Å². The first-order valence-electron chi connectivity index (χ1n) is 7.74. The quantitative estimate of drug-likeness (QED) is 0.768. The molecule has 2 aromatic heterocycles. The van der Waals surface area contributed by atoms with E-state index in [0.717, 1.165) is 42.1 Å². The van der Waals surface area contributed by atoms with Crippen LogP contribution in [0.15, 0.2) is 40.0 Å². The van der Waals surface area contributed by atoms with E-state index in [2.05, 4.69) is 32.5 Å². The zero-order valence-corrected chi connectivity index (χ0v) is 13.4. The van der Waals surface area contributed by atoms with Gasteiger partial charge in [-0.1, -0.05) is 30.3 Å². The Hall–Kier alpha value is -2.28. The van der Waals surface area contributed by atoms with Crippen LogP contribution in [0.4, 0.5) is 5.95 Å². The van der Waals surface area contributed by atoms with E-state index in [1.807, 2.05) is 18.2 Å². The zero-order valence-electron chi connectivity index (χ0n) is 12.6. The summed E-state index contributed by atoms with van der Waals surface area (Å²) in [5.41, 5.74) is 2.18. The number of aromatic amines is 1. The van der Waals surface area contributed by atoms with Crippen molar-refractivity contribution in [2.45, 2.75) is 24.2 Å². The summed E-state index contributed by atoms with van der Waals surface area (Å²) in [6, 6.07) is 10.2. The summed E-state index contributed by atoms with van der Waals surface area (Å²) in [4.78, 5) is 20.9. The molecular weight excluding hydrogens is 310 g/mol. The van der Waals surface area contributed by atoms with Crippen molar-refractivity contribution in [3.63, 3.8) is 0 Å². The van der Waals surface area contributed by atoms with Gasteiger partial charge in [-0.2, -0.15) is 9.50 Å². The summed E-state index contributed by atoms with van der Waals surface area (Å²) in [5.74, 6) is 1.98. The molecule has 1 aromatic carbocycles. The number of benzene rings is 1. The van der Waals surface area contributed by atoms with Gasteiger partial charge >= 0.3 is 0 Å². The van der Waals surface area contributed by atoms with Crippen LogP contribution in [0.2, 0.25) is 0 Å². The molecule has 1 aliphatic rings. The number of hydrogen-bond donors (Lipinski definition) is 2. The summed E-state index contributed by atoms with van der Waals surface area (Å²) in [6.07, 6.45) is 2.87. The molecule has 0 unspecified atom stereocenters. The van der Waals surface area contributed by atoms with Crippen LogP contribution in [0, 0.1) is 0 Å². The van der Waals surface area contributed by atoms with Crippen molar-refractivity contribution >= 4 is 23.5 Å². The molecule has 0 saturated carbocycles. The highest BCUT2D eigenvalue weighted by Crippen LogP contribution is 2.25. The number of aromatic nitrogens is 4. The largest absolute Gasteiger partial charge is 0.353 e. The molecule has 0 aliphatic carbocycles. The van der Waals surface area contributed by atoms with Gasteiger partial charge in [-0.15, -0.1) is 16.9 Å². The first kappa shape index (κ1) is 14.3. The fraction of sp³-hybridized carbons (Fsp3) is 0.312. The third-order valence-electron chi connectivity index (χ3n) is 3.89. The van der Waals surface area contributed by atoms with Gasteiger partial charge in [0, 0.05) is 12.2 Å². The van der Waals surface area contributed by atoms with Gasteiger partial charge in [0.2, 0.25) is 11.7 Å². The lowest BCUT2D eigenvalue weighted by Gasteiger charge is -2.13. The maximum atomic E-state index is 12.5. The predicted octanol–water partition coefficient (Wildman–Crippen LogP) is 2.11. The van der Waals surface area contributed by atoms with Gasteiger partial charge in [0.25, 0.3) is 5.56 Å². The van der Waals surface area contributed by atoms with Crippen LogP contribution < -0.4 is 10.9 Å². The number of nitrogens with zero attached hydrogens (tertiary/aromatic N) is 3. The number of aryl methyl sites for hydroxylation is 1. The molecule has 0 atom stereocenters. The zero-order chi connectivity index (χ0) is 15.6. The predicted molar refractivity (Wildman–Crippen MR) is 91.3 cm³/mol. The highest BCUT2D eigenvalue weighted by molar-refractivity contribution is 7.99. The van der Waals surface area contributed by atoms with Crippen molar-refractivity contribution in [2.24, 2.45) is 0 Å². The number of rotatable bonds is 4. The van der Waals surface area contributed by atoms with Crippen molar-refractivity contribution in [3.05, 3.63) is 51.9 Å². The molecule has 0 spiro atoms. The number of thioether (sulfide) groups is 1. The number of H-pyrrole nitrogens is 1. The van der Waals surface area contributed by atoms with E-state index in [-0.39, 0.29) is 5.56 Å². The average molecular weight is 327 g/mol. The Morgan fingerprint density at radius 1 is 1.30 bits per heavy atom. The maximum Gasteiger partial charge on any atom is 0.289 e. The first-order chi connectivity index (χ1) is 11.3. The third kappa shape index (κ3) is 2.84. The van der Waals surface area contributed by atoms with Gasteiger partial charge in [-0.05, 0) is 30.6 Å². The molecule has 0 radical (unpaired) electrons. The first-order valence-corrected chi connectivity index (χ1v) is 8.72. The molecule has 1 aliphatic heterocycles. The van der Waals surface area contributed by atoms with Crippen LogP contribution >= 0.6 is 11.8 Å². The summed E-state index contributed by atoms with van der Waals surface area (Å²) < 4.78 is 1.36. The lowest BCUT2D eigenvalue weighted by Crippen LogP contribution is -2.22. The number of hydrogen-bond acceptors (Lipinski definition) is 5. The summed E-state index contributed by atoms with van der Waals surface area (Å²) in [7, 11) is 0. The van der Waals surface area contributed by atoms with Crippen LogP contribution in [0.25, 0.3) is 5.78 Å². The standard InChI is InChI=1S/C16H17N5OS/c22-14-13-12(7-4-10-23-13)18-16-19-15(20-21(14)16)17-9-8-11-5-2-1-3-6-11/h1-3,5-6H,4,7-10H2,(H2,17,18,19,20). The molecular formula is C16H17N5OS. The summed E-state index contributed by atoms with van der Waals surface area (Å²) in [6.45, 7) is 0.726. The molecule has 4 rings (SSSR count). The molecule has 0 saturated heterocycles. The van der Waals surface area contributed by atoms with Gasteiger partial charge in [0.1, 0.15) is 0 Å². The van der Waals surface area contributed by atoms with E-state index in [1.54, 1.807) is 11.8 Å². The molecule has 3 aromatic rings. The van der Waals surface area contributed by atoms with Crippen molar-refractivity contribution in [2.75, 3.05) is 17.6 Å². The second kappa shape index (κ2) is 6.08. The third-order valence-corrected chi connectivity index (χ3v) is 5.09. The minimum absolute atomic E-state index is 0.0675. The van der Waals surface area contributed by atoms with Crippen LogP contribution in [0.5, 0.6) is 0 Å². The molecule has 0 amide bonds. The Kier molecular flexibility index (Phi) is 3.78. The smallest absolute Gasteiger partial charge is 0.289 e. The second-order valence-corrected chi connectivity index (χ2v) is 6.63. The van der Waals surface area contributed by atoms with E-state index in [9.17, 15) is 4.79 Å². The molecule has 118 valence electrons. The molecule has 3 heterocycles. The molecule has 0 bridgehead atoms. The van der Waals surface area contributed by atoms with E-state index in [4.69, 9.17) is 0 Å². The fourth-order valence-corrected chi connectivity index (χ4v) is 3.77. The molecule has 0 fully saturated rings. The van der Waals surface area contributed by atoms with Gasteiger partial charge in [0.15, 0.2) is 0 Å². The van der Waals surface area contributed by atoms with Crippen LogP contribution in [0.1, 0.15) is 17.7 Å². The second-order valence-electron chi connectivity index (χ2n) is 5.52. The van der Waals surface area contributed by atoms with Gasteiger partial charge in [0.05, 0.1) is 4.90 Å². The Bertz CT molecular complexity index is 887. The van der Waals surface area contributed by atoms with Crippen LogP contribution in [-0.4, -0.2) is 31.9 Å². The number of nitrogens with one attached hydrogen (secondary N) is 2. The molecule has 6 nitrogen and oxygen atoms in total. The fourth-order valence-electron chi connectivity index (χ4n) is 2.74. The monoisotopic (exact) mass is 327 g/mol. The summed E-state index contributed by atoms with van der Waals surface area (Å²) in [5, 5.41) is 7.48. The Balaban J connectivity index is 1.55. The van der Waals surface area contributed by atoms with E-state index < -0.39 is 0 Å². The molecule has 2 N–H and O–H groups in total. The highest BCUT2D eigenvalue weighted by Gasteiger charge is 2.18. The minimum Gasteiger partial charge on any atom is -0.353 e. The van der Waals surface area contributed by atoms with Crippen LogP contribution in [-0.2, 0) is 12.8 Å². The normalized spacial score (nSPS) is 13.9. The Labute approximate surface area is 137 Å². The van der Waals surface area contributed by atoms with Crippen molar-refractivity contribution in [3.8, 4) is 0 Å². The van der Waals surface area contributed by atoms with Crippen molar-refractivity contribution in [1.29, 1.82) is 0 Å². The Morgan fingerprint density at radius 2 is 2.17 bits per heavy atom. The molecule has 7 heteroatoms. The van der Waals surface area contributed by atoms with E-state index in [0.29, 0.717) is 11.7 Å². The highest BCUT2D eigenvalue weighted by atomic mass is 32.2. The van der Waals surface area contributed by atoms with Gasteiger partial charge in [-0.25, -0.2) is 0 Å². The molecule has 23 heavy (non-hydrogen) atoms. The lowest BCUT2D eigenvalue weighted by molar-refractivity contribution is 0.783. The Morgan fingerprint density at radius 3 is 3.04 bits per heavy atom. The lowest BCUT2D eigenvalue weighted by atomic mass is 10.1. The van der Waals surface area contributed by atoms with Crippen molar-refractivity contribution < 1.29 is 0 Å². The number of fused-ring (bicyclic) bond motifs is 2. The SMILES string of the molecule is O=c1c2c([nH]c3nc(NCCc4ccccc4)nn13)CCCS2. The van der Waals surface area contributed by atoms with Gasteiger partial charge in [-0.3, -0.25) is 4.79 Å². The van der Waals surface area contributed by atoms with E-state index in [1.165, 1.54) is 10.1 Å². The maximum absolute atomic E-state index is 12.5. The average Bonchev–Trinajstić information content (AvgIpc) is 2.99. The minimum atomic E-state index is -0.0675. The van der Waals surface area contributed by atoms with E-state index >= 15 is 0 Å². The number of anilines is 1. The van der Waals surface area contributed by atoms with Crippen molar-refractivity contribution in [1.82, 2.24) is 19.6 Å².